The summed E-state index contributed by atoms with van der Waals surface area (Å²) in [4.78, 5) is 22.1. The fourth-order valence-electron chi connectivity index (χ4n) is 1.65. The largest absolute Gasteiger partial charge is 0.497 e. The van der Waals surface area contributed by atoms with Gasteiger partial charge in [0.25, 0.3) is 0 Å². The molecule has 0 spiro atoms. The first-order chi connectivity index (χ1) is 9.01. The molecule has 0 radical (unpaired) electrons. The molecule has 19 heavy (non-hydrogen) atoms. The van der Waals surface area contributed by atoms with Gasteiger partial charge in [0.2, 0.25) is 5.91 Å². The van der Waals surface area contributed by atoms with Crippen LogP contribution in [0.2, 0.25) is 0 Å². The van der Waals surface area contributed by atoms with Crippen molar-refractivity contribution in [3.63, 3.8) is 0 Å². The van der Waals surface area contributed by atoms with Crippen LogP contribution in [0, 0.1) is 5.92 Å². The number of hydrogen-bond acceptors (Lipinski definition) is 3. The Kier molecular flexibility index (Phi) is 5.85. The molecular formula is C14H19NO4. The highest BCUT2D eigenvalue weighted by atomic mass is 16.5. The van der Waals surface area contributed by atoms with Crippen molar-refractivity contribution in [1.82, 2.24) is 5.32 Å². The predicted molar refractivity (Wildman–Crippen MR) is 71.1 cm³/mol. The summed E-state index contributed by atoms with van der Waals surface area (Å²) >= 11 is 0. The second kappa shape index (κ2) is 7.41. The van der Waals surface area contributed by atoms with Crippen molar-refractivity contribution in [2.75, 3.05) is 13.7 Å². The van der Waals surface area contributed by atoms with E-state index in [1.165, 1.54) is 0 Å². The summed E-state index contributed by atoms with van der Waals surface area (Å²) in [6.07, 6.45) is 0.340. The fraction of sp³-hybridized carbons (Fsp3) is 0.429. The van der Waals surface area contributed by atoms with Crippen LogP contribution < -0.4 is 10.1 Å². The molecule has 0 fully saturated rings. The second-order valence-electron chi connectivity index (χ2n) is 4.53. The van der Waals surface area contributed by atoms with E-state index in [0.29, 0.717) is 6.54 Å². The van der Waals surface area contributed by atoms with Gasteiger partial charge in [-0.1, -0.05) is 19.1 Å². The van der Waals surface area contributed by atoms with Crippen LogP contribution in [0.15, 0.2) is 24.3 Å². The molecule has 104 valence electrons. The molecule has 1 aromatic rings. The lowest BCUT2D eigenvalue weighted by Crippen LogP contribution is -2.30. The number of nitrogens with one attached hydrogen (secondary N) is 1. The molecule has 0 heterocycles. The van der Waals surface area contributed by atoms with E-state index < -0.39 is 5.97 Å². The summed E-state index contributed by atoms with van der Waals surface area (Å²) in [5.74, 6) is -0.282. The molecule has 5 nitrogen and oxygen atoms in total. The molecule has 0 aromatic heterocycles. The topological polar surface area (TPSA) is 75.6 Å². The zero-order chi connectivity index (χ0) is 14.3. The van der Waals surface area contributed by atoms with Crippen LogP contribution in [0.25, 0.3) is 0 Å². The Morgan fingerprint density at radius 2 is 1.95 bits per heavy atom. The Morgan fingerprint density at radius 3 is 2.47 bits per heavy atom. The molecule has 5 heteroatoms. The van der Waals surface area contributed by atoms with Crippen LogP contribution in [0.3, 0.4) is 0 Å². The molecule has 1 amide bonds. The SMILES string of the molecule is COc1ccc(CC(=O)NCC(C)CC(=O)O)cc1. The number of benzene rings is 1. The minimum absolute atomic E-state index is 0.0583. The molecule has 1 rings (SSSR count). The minimum Gasteiger partial charge on any atom is -0.497 e. The van der Waals surface area contributed by atoms with E-state index in [1.807, 2.05) is 12.1 Å². The highest BCUT2D eigenvalue weighted by Crippen LogP contribution is 2.11. The lowest BCUT2D eigenvalue weighted by atomic mass is 10.1. The Labute approximate surface area is 112 Å². The van der Waals surface area contributed by atoms with Gasteiger partial charge in [0.1, 0.15) is 5.75 Å². The molecule has 0 aliphatic rings. The van der Waals surface area contributed by atoms with Crippen LogP contribution in [0.1, 0.15) is 18.9 Å². The zero-order valence-corrected chi connectivity index (χ0v) is 11.2. The van der Waals surface area contributed by atoms with Gasteiger partial charge in [0.05, 0.1) is 13.5 Å². The number of carboxylic acid groups (broad SMARTS) is 1. The van der Waals surface area contributed by atoms with Crippen molar-refractivity contribution in [3.8, 4) is 5.75 Å². The highest BCUT2D eigenvalue weighted by Gasteiger charge is 2.09. The first-order valence-electron chi connectivity index (χ1n) is 6.12. The van der Waals surface area contributed by atoms with E-state index in [9.17, 15) is 9.59 Å². The maximum absolute atomic E-state index is 11.7. The third kappa shape index (κ3) is 5.90. The van der Waals surface area contributed by atoms with E-state index in [0.717, 1.165) is 11.3 Å². The average molecular weight is 265 g/mol. The van der Waals surface area contributed by atoms with Crippen LogP contribution in [0.5, 0.6) is 5.75 Å². The summed E-state index contributed by atoms with van der Waals surface area (Å²) in [5, 5.41) is 11.3. The van der Waals surface area contributed by atoms with E-state index in [-0.39, 0.29) is 24.7 Å². The van der Waals surface area contributed by atoms with Gasteiger partial charge in [-0.2, -0.15) is 0 Å². The Morgan fingerprint density at radius 1 is 1.32 bits per heavy atom. The van der Waals surface area contributed by atoms with E-state index >= 15 is 0 Å². The summed E-state index contributed by atoms with van der Waals surface area (Å²) in [7, 11) is 1.59. The van der Waals surface area contributed by atoms with Gasteiger partial charge in [-0.15, -0.1) is 0 Å². The van der Waals surface area contributed by atoms with Crippen molar-refractivity contribution in [2.24, 2.45) is 5.92 Å². The molecule has 2 N–H and O–H groups in total. The molecule has 1 unspecified atom stereocenters. The first-order valence-corrected chi connectivity index (χ1v) is 6.12. The maximum Gasteiger partial charge on any atom is 0.303 e. The smallest absolute Gasteiger partial charge is 0.303 e. The van der Waals surface area contributed by atoms with Crippen LogP contribution >= 0.6 is 0 Å². The fourth-order valence-corrected chi connectivity index (χ4v) is 1.65. The van der Waals surface area contributed by atoms with Gasteiger partial charge in [-0.3, -0.25) is 9.59 Å². The summed E-state index contributed by atoms with van der Waals surface area (Å²) < 4.78 is 5.03. The van der Waals surface area contributed by atoms with Crippen molar-refractivity contribution in [3.05, 3.63) is 29.8 Å². The molecule has 0 aliphatic carbocycles. The normalized spacial score (nSPS) is 11.7. The van der Waals surface area contributed by atoms with Gasteiger partial charge in [-0.05, 0) is 23.6 Å². The third-order valence-corrected chi connectivity index (χ3v) is 2.69. The third-order valence-electron chi connectivity index (χ3n) is 2.69. The standard InChI is InChI=1S/C14H19NO4/c1-10(7-14(17)18)9-15-13(16)8-11-3-5-12(19-2)6-4-11/h3-6,10H,7-9H2,1-2H3,(H,15,16)(H,17,18). The van der Waals surface area contributed by atoms with Gasteiger partial charge in [0, 0.05) is 13.0 Å². The first kappa shape index (κ1) is 15.0. The number of carbonyl (C=O) groups excluding carboxylic acids is 1. The maximum atomic E-state index is 11.7. The lowest BCUT2D eigenvalue weighted by Gasteiger charge is -2.10. The molecular weight excluding hydrogens is 246 g/mol. The minimum atomic E-state index is -0.850. The number of ether oxygens (including phenoxy) is 1. The van der Waals surface area contributed by atoms with Crippen molar-refractivity contribution >= 4 is 11.9 Å². The second-order valence-corrected chi connectivity index (χ2v) is 4.53. The number of methoxy groups -OCH3 is 1. The monoisotopic (exact) mass is 265 g/mol. The van der Waals surface area contributed by atoms with Crippen LogP contribution in [-0.4, -0.2) is 30.6 Å². The van der Waals surface area contributed by atoms with E-state index in [1.54, 1.807) is 26.2 Å². The number of carbonyl (C=O) groups is 2. The Hall–Kier alpha value is -2.04. The average Bonchev–Trinajstić information content (AvgIpc) is 2.36. The molecule has 0 bridgehead atoms. The van der Waals surface area contributed by atoms with Crippen molar-refractivity contribution in [1.29, 1.82) is 0 Å². The van der Waals surface area contributed by atoms with Crippen LogP contribution in [0.4, 0.5) is 0 Å². The van der Waals surface area contributed by atoms with E-state index in [4.69, 9.17) is 9.84 Å². The highest BCUT2D eigenvalue weighted by molar-refractivity contribution is 5.78. The number of hydrogen-bond donors (Lipinski definition) is 2. The molecule has 0 aliphatic heterocycles. The van der Waals surface area contributed by atoms with E-state index in [2.05, 4.69) is 5.32 Å². The lowest BCUT2D eigenvalue weighted by molar-refractivity contribution is -0.138. The summed E-state index contributed by atoms with van der Waals surface area (Å²) in [6.45, 7) is 2.17. The number of rotatable bonds is 7. The molecule has 0 saturated carbocycles. The summed E-state index contributed by atoms with van der Waals surface area (Å²) in [6, 6.07) is 7.27. The number of aliphatic carboxylic acids is 1. The molecule has 1 aromatic carbocycles. The van der Waals surface area contributed by atoms with Crippen molar-refractivity contribution in [2.45, 2.75) is 19.8 Å². The number of carboxylic acids is 1. The van der Waals surface area contributed by atoms with Gasteiger partial charge in [0.15, 0.2) is 0 Å². The van der Waals surface area contributed by atoms with Gasteiger partial charge >= 0.3 is 5.97 Å². The quantitative estimate of drug-likeness (QED) is 0.782. The Balaban J connectivity index is 2.36. The summed E-state index contributed by atoms with van der Waals surface area (Å²) in [5.41, 5.74) is 0.893. The number of amides is 1. The zero-order valence-electron chi connectivity index (χ0n) is 11.2. The molecule has 1 atom stereocenters. The van der Waals surface area contributed by atoms with Crippen LogP contribution in [-0.2, 0) is 16.0 Å². The Bertz CT molecular complexity index is 428. The predicted octanol–water partition coefficient (Wildman–Crippen LogP) is 1.46. The van der Waals surface area contributed by atoms with Gasteiger partial charge < -0.3 is 15.2 Å². The van der Waals surface area contributed by atoms with Gasteiger partial charge in [-0.25, -0.2) is 0 Å². The van der Waals surface area contributed by atoms with Crippen molar-refractivity contribution < 1.29 is 19.4 Å². The molecule has 0 saturated heterocycles.